The topological polar surface area (TPSA) is 59.8 Å². The number of hydrogen-bond donors (Lipinski definition) is 1. The normalized spacial score (nSPS) is 11.0. The summed E-state index contributed by atoms with van der Waals surface area (Å²) in [7, 11) is 0. The van der Waals surface area contributed by atoms with E-state index < -0.39 is 0 Å². The summed E-state index contributed by atoms with van der Waals surface area (Å²) >= 11 is 6.10. The van der Waals surface area contributed by atoms with E-state index in [0.717, 1.165) is 22.3 Å². The second-order valence-electron chi connectivity index (χ2n) is 5.92. The predicted octanol–water partition coefficient (Wildman–Crippen LogP) is 3.62. The summed E-state index contributed by atoms with van der Waals surface area (Å²) in [6, 6.07) is 13.6. The van der Waals surface area contributed by atoms with E-state index in [0.29, 0.717) is 18.1 Å². The van der Waals surface area contributed by atoms with E-state index in [4.69, 9.17) is 11.6 Å². The third kappa shape index (κ3) is 4.80. The van der Waals surface area contributed by atoms with Crippen molar-refractivity contribution in [2.45, 2.75) is 20.0 Å². The Hall–Kier alpha value is -2.92. The number of carbonyl (C=O) groups is 1. The van der Waals surface area contributed by atoms with E-state index in [9.17, 15) is 4.79 Å². The van der Waals surface area contributed by atoms with Gasteiger partial charge in [-0.25, -0.2) is 9.67 Å². The molecule has 0 aliphatic rings. The van der Waals surface area contributed by atoms with Gasteiger partial charge in [0.25, 0.3) is 0 Å². The molecule has 5 nitrogen and oxygen atoms in total. The molecular formula is C20H19ClN4O. The summed E-state index contributed by atoms with van der Waals surface area (Å²) in [6.07, 6.45) is 6.44. The smallest absolute Gasteiger partial charge is 0.244 e. The number of carbonyl (C=O) groups excluding carboxylic acids is 1. The second kappa shape index (κ2) is 8.45. The van der Waals surface area contributed by atoms with Crippen LogP contribution in [-0.4, -0.2) is 20.7 Å². The number of nitrogens with zero attached hydrogens (tertiary/aromatic N) is 3. The molecule has 0 unspecified atom stereocenters. The molecular weight excluding hydrogens is 348 g/mol. The second-order valence-corrected chi connectivity index (χ2v) is 6.33. The molecule has 0 aliphatic heterocycles. The molecule has 26 heavy (non-hydrogen) atoms. The van der Waals surface area contributed by atoms with Crippen molar-refractivity contribution in [2.75, 3.05) is 0 Å². The lowest BCUT2D eigenvalue weighted by atomic mass is 10.1. The summed E-state index contributed by atoms with van der Waals surface area (Å²) in [5.41, 5.74) is 4.04. The average molecular weight is 367 g/mol. The van der Waals surface area contributed by atoms with Crippen LogP contribution in [0.1, 0.15) is 22.3 Å². The van der Waals surface area contributed by atoms with Crippen molar-refractivity contribution in [3.8, 4) is 0 Å². The van der Waals surface area contributed by atoms with Gasteiger partial charge in [0.2, 0.25) is 5.91 Å². The quantitative estimate of drug-likeness (QED) is 0.678. The highest BCUT2D eigenvalue weighted by molar-refractivity contribution is 6.31. The van der Waals surface area contributed by atoms with Crippen molar-refractivity contribution in [2.24, 2.45) is 0 Å². The highest BCUT2D eigenvalue weighted by atomic mass is 35.5. The van der Waals surface area contributed by atoms with Crippen LogP contribution in [0, 0.1) is 6.92 Å². The Labute approximate surface area is 157 Å². The van der Waals surface area contributed by atoms with Crippen LogP contribution in [0.15, 0.2) is 61.2 Å². The SMILES string of the molecule is Cc1ccc(/C=C/C(=O)NCc2ccccc2Cn2cncn2)cc1Cl. The third-order valence-electron chi connectivity index (χ3n) is 3.99. The van der Waals surface area contributed by atoms with Gasteiger partial charge in [-0.2, -0.15) is 5.10 Å². The minimum Gasteiger partial charge on any atom is -0.348 e. The minimum absolute atomic E-state index is 0.155. The lowest BCUT2D eigenvalue weighted by Crippen LogP contribution is -2.21. The number of aryl methyl sites for hydroxylation is 1. The van der Waals surface area contributed by atoms with Crippen molar-refractivity contribution in [1.82, 2.24) is 20.1 Å². The number of rotatable bonds is 6. The van der Waals surface area contributed by atoms with E-state index >= 15 is 0 Å². The molecule has 1 heterocycles. The number of amides is 1. The van der Waals surface area contributed by atoms with Crippen LogP contribution in [0.25, 0.3) is 6.08 Å². The fourth-order valence-electron chi connectivity index (χ4n) is 2.50. The maximum absolute atomic E-state index is 12.1. The number of halogens is 1. The fourth-order valence-corrected chi connectivity index (χ4v) is 2.69. The van der Waals surface area contributed by atoms with Gasteiger partial charge >= 0.3 is 0 Å². The first-order valence-electron chi connectivity index (χ1n) is 8.23. The summed E-state index contributed by atoms with van der Waals surface area (Å²) in [4.78, 5) is 16.1. The fraction of sp³-hybridized carbons (Fsp3) is 0.150. The molecule has 0 aliphatic carbocycles. The number of nitrogens with one attached hydrogen (secondary N) is 1. The summed E-state index contributed by atoms with van der Waals surface area (Å²) in [5.74, 6) is -0.155. The Morgan fingerprint density at radius 1 is 1.23 bits per heavy atom. The van der Waals surface area contributed by atoms with Gasteiger partial charge in [0, 0.05) is 17.6 Å². The minimum atomic E-state index is -0.155. The van der Waals surface area contributed by atoms with Crippen LogP contribution in [0.2, 0.25) is 5.02 Å². The summed E-state index contributed by atoms with van der Waals surface area (Å²) < 4.78 is 1.75. The van der Waals surface area contributed by atoms with E-state index in [2.05, 4.69) is 15.4 Å². The zero-order chi connectivity index (χ0) is 18.4. The van der Waals surface area contributed by atoms with E-state index in [1.165, 1.54) is 12.4 Å². The zero-order valence-electron chi connectivity index (χ0n) is 14.4. The molecule has 132 valence electrons. The van der Waals surface area contributed by atoms with Crippen LogP contribution in [0.5, 0.6) is 0 Å². The van der Waals surface area contributed by atoms with Gasteiger partial charge < -0.3 is 5.32 Å². The molecule has 1 aromatic heterocycles. The summed E-state index contributed by atoms with van der Waals surface area (Å²) in [5, 5.41) is 7.72. The molecule has 0 atom stereocenters. The monoisotopic (exact) mass is 366 g/mol. The van der Waals surface area contributed by atoms with Gasteiger partial charge in [-0.05, 0) is 41.3 Å². The first-order valence-corrected chi connectivity index (χ1v) is 8.61. The highest BCUT2D eigenvalue weighted by Crippen LogP contribution is 2.17. The Kier molecular flexibility index (Phi) is 5.81. The number of benzene rings is 2. The first-order chi connectivity index (χ1) is 12.6. The molecule has 0 saturated carbocycles. The molecule has 6 heteroatoms. The van der Waals surface area contributed by atoms with E-state index in [1.807, 2.05) is 49.4 Å². The lowest BCUT2D eigenvalue weighted by molar-refractivity contribution is -0.116. The molecule has 1 N–H and O–H groups in total. The molecule has 2 aromatic carbocycles. The van der Waals surface area contributed by atoms with Crippen molar-refractivity contribution in [3.63, 3.8) is 0 Å². The summed E-state index contributed by atoms with van der Waals surface area (Å²) in [6.45, 7) is 3.01. The number of hydrogen-bond acceptors (Lipinski definition) is 3. The Morgan fingerprint density at radius 2 is 2.04 bits per heavy atom. The van der Waals surface area contributed by atoms with Crippen LogP contribution in [0.4, 0.5) is 0 Å². The Balaban J connectivity index is 1.61. The molecule has 0 radical (unpaired) electrons. The molecule has 0 spiro atoms. The Bertz CT molecular complexity index is 919. The molecule has 1 amide bonds. The largest absolute Gasteiger partial charge is 0.348 e. The molecule has 3 rings (SSSR count). The lowest BCUT2D eigenvalue weighted by Gasteiger charge is -2.09. The maximum Gasteiger partial charge on any atom is 0.244 e. The highest BCUT2D eigenvalue weighted by Gasteiger charge is 2.04. The van der Waals surface area contributed by atoms with Crippen LogP contribution >= 0.6 is 11.6 Å². The van der Waals surface area contributed by atoms with Crippen molar-refractivity contribution < 1.29 is 4.79 Å². The van der Waals surface area contributed by atoms with E-state index in [1.54, 1.807) is 17.1 Å². The Morgan fingerprint density at radius 3 is 2.77 bits per heavy atom. The standard InChI is InChI=1S/C20H19ClN4O/c1-15-6-7-16(10-19(15)21)8-9-20(26)23-11-17-4-2-3-5-18(17)12-25-14-22-13-24-25/h2-10,13-14H,11-12H2,1H3,(H,23,26)/b9-8+. The van der Waals surface area contributed by atoms with Crippen molar-refractivity contribution in [1.29, 1.82) is 0 Å². The van der Waals surface area contributed by atoms with E-state index in [-0.39, 0.29) is 5.91 Å². The van der Waals surface area contributed by atoms with Crippen LogP contribution in [-0.2, 0) is 17.9 Å². The van der Waals surface area contributed by atoms with Crippen LogP contribution < -0.4 is 5.32 Å². The molecule has 0 bridgehead atoms. The predicted molar refractivity (Wildman–Crippen MR) is 103 cm³/mol. The van der Waals surface area contributed by atoms with Gasteiger partial charge in [0.1, 0.15) is 12.7 Å². The average Bonchev–Trinajstić information content (AvgIpc) is 3.15. The molecule has 0 saturated heterocycles. The zero-order valence-corrected chi connectivity index (χ0v) is 15.1. The maximum atomic E-state index is 12.1. The number of aromatic nitrogens is 3. The molecule has 3 aromatic rings. The molecule has 0 fully saturated rings. The third-order valence-corrected chi connectivity index (χ3v) is 4.40. The van der Waals surface area contributed by atoms with Gasteiger partial charge in [0.05, 0.1) is 6.54 Å². The van der Waals surface area contributed by atoms with Gasteiger partial charge in [-0.3, -0.25) is 4.79 Å². The van der Waals surface area contributed by atoms with Gasteiger partial charge in [-0.15, -0.1) is 0 Å². The first kappa shape index (κ1) is 17.9. The van der Waals surface area contributed by atoms with Gasteiger partial charge in [-0.1, -0.05) is 48.0 Å². The van der Waals surface area contributed by atoms with Crippen molar-refractivity contribution >= 4 is 23.6 Å². The van der Waals surface area contributed by atoms with Crippen LogP contribution in [0.3, 0.4) is 0 Å². The van der Waals surface area contributed by atoms with Crippen molar-refractivity contribution in [3.05, 3.63) is 88.5 Å². The van der Waals surface area contributed by atoms with Gasteiger partial charge in [0.15, 0.2) is 0 Å².